The molecule has 1 saturated heterocycles. The number of rotatable bonds is 6. The molecule has 1 aliphatic heterocycles. The van der Waals surface area contributed by atoms with Gasteiger partial charge in [0.05, 0.1) is 25.5 Å². The van der Waals surface area contributed by atoms with Crippen LogP contribution in [0.5, 0.6) is 5.75 Å². The van der Waals surface area contributed by atoms with Crippen LogP contribution in [0.1, 0.15) is 34.5 Å². The largest absolute Gasteiger partial charge is 0.490 e. The van der Waals surface area contributed by atoms with E-state index in [2.05, 4.69) is 21.9 Å². The highest BCUT2D eigenvalue weighted by Gasteiger charge is 2.30. The van der Waals surface area contributed by atoms with E-state index in [9.17, 15) is 14.0 Å². The number of aromatic nitrogens is 3. The van der Waals surface area contributed by atoms with E-state index in [1.54, 1.807) is 18.5 Å². The van der Waals surface area contributed by atoms with Crippen molar-refractivity contribution in [3.8, 4) is 28.3 Å². The molecule has 38 heavy (non-hydrogen) atoms. The van der Waals surface area contributed by atoms with Gasteiger partial charge in [0.15, 0.2) is 11.6 Å². The lowest BCUT2D eigenvalue weighted by molar-refractivity contribution is 0.103. The van der Waals surface area contributed by atoms with Gasteiger partial charge in [0, 0.05) is 22.8 Å². The summed E-state index contributed by atoms with van der Waals surface area (Å²) in [5, 5.41) is 0. The van der Waals surface area contributed by atoms with Crippen molar-refractivity contribution in [1.29, 1.82) is 0 Å². The van der Waals surface area contributed by atoms with E-state index in [0.717, 1.165) is 37.1 Å². The van der Waals surface area contributed by atoms with Crippen LogP contribution in [-0.4, -0.2) is 52.0 Å². The molecule has 8 heteroatoms. The second-order valence-electron chi connectivity index (χ2n) is 10.0. The van der Waals surface area contributed by atoms with Crippen molar-refractivity contribution in [3.05, 3.63) is 100.0 Å². The molecule has 2 aliphatic rings. The Balaban J connectivity index is 1.21. The fourth-order valence-electron chi connectivity index (χ4n) is 5.24. The van der Waals surface area contributed by atoms with E-state index in [4.69, 9.17) is 4.74 Å². The molecular weight excluding hydrogens is 483 g/mol. The van der Waals surface area contributed by atoms with Gasteiger partial charge in [0.25, 0.3) is 5.56 Å². The molecule has 1 fully saturated rings. The first-order valence-electron chi connectivity index (χ1n) is 12.8. The van der Waals surface area contributed by atoms with E-state index >= 15 is 0 Å². The smallest absolute Gasteiger partial charge is 0.251 e. The first-order chi connectivity index (χ1) is 18.5. The van der Waals surface area contributed by atoms with Gasteiger partial charge >= 0.3 is 0 Å². The van der Waals surface area contributed by atoms with Gasteiger partial charge in [-0.15, -0.1) is 0 Å². The van der Waals surface area contributed by atoms with Crippen LogP contribution >= 0.6 is 0 Å². The van der Waals surface area contributed by atoms with Gasteiger partial charge in [0.1, 0.15) is 11.5 Å². The molecule has 192 valence electrons. The minimum atomic E-state index is -0.423. The number of nitrogens with zero attached hydrogens (tertiary/aromatic N) is 4. The number of ether oxygens (including phenoxy) is 1. The second-order valence-corrected chi connectivity index (χ2v) is 10.0. The van der Waals surface area contributed by atoms with E-state index in [1.807, 2.05) is 24.3 Å². The summed E-state index contributed by atoms with van der Waals surface area (Å²) in [4.78, 5) is 37.3. The lowest BCUT2D eigenvalue weighted by atomic mass is 9.98. The summed E-state index contributed by atoms with van der Waals surface area (Å²) in [6.07, 6.45) is 5.64. The van der Waals surface area contributed by atoms with Gasteiger partial charge in [-0.1, -0.05) is 18.2 Å². The van der Waals surface area contributed by atoms with Crippen molar-refractivity contribution in [2.24, 2.45) is 5.92 Å². The Kier molecular flexibility index (Phi) is 6.33. The monoisotopic (exact) mass is 510 g/mol. The minimum absolute atomic E-state index is 0.190. The fourth-order valence-corrected chi connectivity index (χ4v) is 5.24. The lowest BCUT2D eigenvalue weighted by Gasteiger charge is -2.28. The van der Waals surface area contributed by atoms with Gasteiger partial charge in [-0.25, -0.2) is 14.4 Å². The molecule has 0 amide bonds. The summed E-state index contributed by atoms with van der Waals surface area (Å²) < 4.78 is 21.3. The number of carbonyl (C=O) groups excluding carboxylic acids is 1. The van der Waals surface area contributed by atoms with Gasteiger partial charge in [-0.05, 0) is 80.4 Å². The van der Waals surface area contributed by atoms with Crippen LogP contribution in [0, 0.1) is 11.7 Å². The zero-order chi connectivity index (χ0) is 26.2. The zero-order valence-electron chi connectivity index (χ0n) is 21.1. The average Bonchev–Trinajstić information content (AvgIpc) is 3.21. The Morgan fingerprint density at radius 1 is 0.947 bits per heavy atom. The van der Waals surface area contributed by atoms with Crippen LogP contribution in [0.3, 0.4) is 0 Å². The van der Waals surface area contributed by atoms with Gasteiger partial charge < -0.3 is 14.2 Å². The number of fused-ring (bicyclic) bond motifs is 3. The molecule has 0 spiro atoms. The Hall–Kier alpha value is -4.17. The minimum Gasteiger partial charge on any atom is -0.490 e. The number of ketones is 1. The van der Waals surface area contributed by atoms with Crippen LogP contribution < -0.4 is 10.3 Å². The molecule has 7 nitrogen and oxygen atoms in total. The summed E-state index contributed by atoms with van der Waals surface area (Å²) in [5.41, 5.74) is 3.09. The highest BCUT2D eigenvalue weighted by atomic mass is 19.1. The maximum absolute atomic E-state index is 13.9. The number of pyridine rings is 1. The average molecular weight is 511 g/mol. The maximum atomic E-state index is 13.9. The second kappa shape index (κ2) is 9.95. The fraction of sp³-hybridized carbons (Fsp3) is 0.267. The predicted octanol–water partition coefficient (Wildman–Crippen LogP) is 4.42. The lowest BCUT2D eigenvalue weighted by Crippen LogP contribution is -2.32. The van der Waals surface area contributed by atoms with E-state index in [0.29, 0.717) is 40.8 Å². The number of hydrogen-bond acceptors (Lipinski definition) is 6. The molecule has 6 rings (SSSR count). The summed E-state index contributed by atoms with van der Waals surface area (Å²) >= 11 is 0. The molecule has 0 N–H and O–H groups in total. The Morgan fingerprint density at radius 3 is 2.50 bits per heavy atom. The Labute approximate surface area is 219 Å². The molecule has 0 unspecified atom stereocenters. The van der Waals surface area contributed by atoms with Crippen molar-refractivity contribution in [3.63, 3.8) is 0 Å². The Morgan fingerprint density at radius 2 is 1.71 bits per heavy atom. The maximum Gasteiger partial charge on any atom is 0.251 e. The number of piperidine rings is 1. The molecule has 0 radical (unpaired) electrons. The summed E-state index contributed by atoms with van der Waals surface area (Å²) in [6.45, 7) is 3.04. The molecule has 0 bridgehead atoms. The molecule has 1 aliphatic carbocycles. The van der Waals surface area contributed by atoms with Crippen LogP contribution in [0.15, 0.2) is 71.8 Å². The van der Waals surface area contributed by atoms with Crippen molar-refractivity contribution in [1.82, 2.24) is 19.4 Å². The molecule has 4 aromatic rings. The van der Waals surface area contributed by atoms with Crippen LogP contribution in [-0.2, 0) is 6.54 Å². The number of hydrogen-bond donors (Lipinski definition) is 0. The van der Waals surface area contributed by atoms with Crippen molar-refractivity contribution < 1.29 is 13.9 Å². The van der Waals surface area contributed by atoms with Crippen LogP contribution in [0.25, 0.3) is 22.5 Å². The molecular formula is C30H27FN4O3. The van der Waals surface area contributed by atoms with Gasteiger partial charge in [0.2, 0.25) is 5.78 Å². The first kappa shape index (κ1) is 24.2. The molecule has 2 aromatic heterocycles. The highest BCUT2D eigenvalue weighted by Crippen LogP contribution is 2.36. The van der Waals surface area contributed by atoms with Crippen LogP contribution in [0.2, 0.25) is 0 Å². The van der Waals surface area contributed by atoms with E-state index < -0.39 is 5.82 Å². The standard InChI is InChI=1S/C30H27FN4O3/c1-34-11-9-19(10-12-34)18-38-23-15-32-30(33-16-23)21-4-2-3-20(13-21)17-35-27(36)8-7-24-26-14-22(31)5-6-25(26)29(37)28(24)35/h2-8,13-16,19H,9-12,17-18H2,1H3. The predicted molar refractivity (Wildman–Crippen MR) is 142 cm³/mol. The number of halogens is 1. The highest BCUT2D eigenvalue weighted by molar-refractivity contribution is 6.20. The van der Waals surface area contributed by atoms with Gasteiger partial charge in [-0.2, -0.15) is 0 Å². The SMILES string of the molecule is CN1CCC(COc2cnc(-c3cccc(Cn4c5c(ccc4=O)-c4cc(F)ccc4C5=O)c3)nc2)CC1. The number of benzene rings is 2. The molecule has 0 saturated carbocycles. The van der Waals surface area contributed by atoms with Crippen molar-refractivity contribution in [2.75, 3.05) is 26.7 Å². The number of carbonyl (C=O) groups is 1. The first-order valence-corrected chi connectivity index (χ1v) is 12.8. The quantitative estimate of drug-likeness (QED) is 0.337. The molecule has 2 aromatic carbocycles. The van der Waals surface area contributed by atoms with Crippen LogP contribution in [0.4, 0.5) is 4.39 Å². The summed E-state index contributed by atoms with van der Waals surface area (Å²) in [7, 11) is 2.14. The Bertz CT molecular complexity index is 1570. The van der Waals surface area contributed by atoms with Gasteiger partial charge in [-0.3, -0.25) is 9.59 Å². The van der Waals surface area contributed by atoms with Crippen molar-refractivity contribution in [2.45, 2.75) is 19.4 Å². The third-order valence-electron chi connectivity index (χ3n) is 7.39. The molecule has 3 heterocycles. The summed E-state index contributed by atoms with van der Waals surface area (Å²) in [5.74, 6) is 1.04. The third kappa shape index (κ3) is 4.63. The normalized spacial score (nSPS) is 15.4. The van der Waals surface area contributed by atoms with E-state index in [1.165, 1.54) is 28.8 Å². The number of likely N-dealkylation sites (tertiary alicyclic amines) is 1. The molecule has 0 atom stereocenters. The third-order valence-corrected chi connectivity index (χ3v) is 7.39. The topological polar surface area (TPSA) is 77.3 Å². The summed E-state index contributed by atoms with van der Waals surface area (Å²) in [6, 6.07) is 14.7. The van der Waals surface area contributed by atoms with E-state index in [-0.39, 0.29) is 23.6 Å². The van der Waals surface area contributed by atoms with Crippen molar-refractivity contribution >= 4 is 5.78 Å². The zero-order valence-corrected chi connectivity index (χ0v) is 21.1.